The summed E-state index contributed by atoms with van der Waals surface area (Å²) in [4.78, 5) is 0. The molecule has 0 aliphatic rings. The van der Waals surface area contributed by atoms with E-state index in [4.69, 9.17) is 5.26 Å². The average molecular weight is 287 g/mol. The molecule has 0 fully saturated rings. The van der Waals surface area contributed by atoms with Gasteiger partial charge in [-0.15, -0.1) is 0 Å². The fourth-order valence-electron chi connectivity index (χ4n) is 1.93. The van der Waals surface area contributed by atoms with Crippen molar-refractivity contribution in [1.82, 2.24) is 0 Å². The van der Waals surface area contributed by atoms with Crippen LogP contribution in [0, 0.1) is 24.1 Å². The number of nitrogens with zero attached hydrogens (tertiary/aromatic N) is 1. The van der Waals surface area contributed by atoms with Gasteiger partial charge in [-0.3, -0.25) is 4.21 Å². The highest BCUT2D eigenvalue weighted by Crippen LogP contribution is 2.15. The fraction of sp³-hybridized carbons (Fsp3) is 0.188. The summed E-state index contributed by atoms with van der Waals surface area (Å²) in [7, 11) is -1.08. The molecule has 0 N–H and O–H groups in total. The predicted octanol–water partition coefficient (Wildman–Crippen LogP) is 3.45. The molecule has 0 amide bonds. The van der Waals surface area contributed by atoms with E-state index in [9.17, 15) is 8.60 Å². The minimum absolute atomic E-state index is 0.00427. The largest absolute Gasteiger partial charge is 0.259 e. The van der Waals surface area contributed by atoms with Crippen LogP contribution in [0.4, 0.5) is 4.39 Å². The van der Waals surface area contributed by atoms with Gasteiger partial charge in [0.15, 0.2) is 0 Å². The van der Waals surface area contributed by atoms with Crippen LogP contribution in [-0.4, -0.2) is 4.21 Å². The second kappa shape index (κ2) is 6.44. The van der Waals surface area contributed by atoms with Gasteiger partial charge in [-0.1, -0.05) is 30.3 Å². The predicted molar refractivity (Wildman–Crippen MR) is 77.8 cm³/mol. The third-order valence-corrected chi connectivity index (χ3v) is 4.34. The first-order valence-electron chi connectivity index (χ1n) is 6.18. The van der Waals surface area contributed by atoms with Crippen LogP contribution < -0.4 is 0 Å². The molecule has 0 radical (unpaired) electrons. The molecule has 2 aromatic rings. The van der Waals surface area contributed by atoms with Crippen molar-refractivity contribution in [1.29, 1.82) is 5.26 Å². The lowest BCUT2D eigenvalue weighted by atomic mass is 10.1. The molecule has 2 nitrogen and oxygen atoms in total. The van der Waals surface area contributed by atoms with Crippen molar-refractivity contribution in [3.63, 3.8) is 0 Å². The number of aryl methyl sites for hydroxylation is 1. The zero-order valence-electron chi connectivity index (χ0n) is 11.1. The summed E-state index contributed by atoms with van der Waals surface area (Å²) in [6.45, 7) is 1.98. The molecule has 1 unspecified atom stereocenters. The molecule has 0 saturated carbocycles. The fourth-order valence-corrected chi connectivity index (χ4v) is 3.25. The van der Waals surface area contributed by atoms with Crippen molar-refractivity contribution in [2.75, 3.05) is 0 Å². The topological polar surface area (TPSA) is 40.9 Å². The van der Waals surface area contributed by atoms with Crippen LogP contribution in [0.15, 0.2) is 42.5 Å². The van der Waals surface area contributed by atoms with Gasteiger partial charge in [-0.2, -0.15) is 5.26 Å². The Bertz CT molecular complexity index is 691. The molecule has 2 rings (SSSR count). The van der Waals surface area contributed by atoms with Crippen LogP contribution in [0.5, 0.6) is 0 Å². The monoisotopic (exact) mass is 287 g/mol. The Kier molecular flexibility index (Phi) is 4.65. The van der Waals surface area contributed by atoms with Gasteiger partial charge in [0.1, 0.15) is 11.9 Å². The Morgan fingerprint density at radius 2 is 1.95 bits per heavy atom. The van der Waals surface area contributed by atoms with Crippen LogP contribution >= 0.6 is 0 Å². The van der Waals surface area contributed by atoms with E-state index in [1.54, 1.807) is 12.1 Å². The summed E-state index contributed by atoms with van der Waals surface area (Å²) in [6, 6.07) is 13.9. The molecular formula is C16H14FNOS. The van der Waals surface area contributed by atoms with E-state index in [0.29, 0.717) is 11.5 Å². The summed E-state index contributed by atoms with van der Waals surface area (Å²) in [5.74, 6) is 0.246. The Hall–Kier alpha value is -1.99. The van der Waals surface area contributed by atoms with Crippen molar-refractivity contribution < 1.29 is 8.60 Å². The number of rotatable bonds is 4. The maximum absolute atomic E-state index is 13.2. The first-order chi connectivity index (χ1) is 9.60. The molecule has 0 spiro atoms. The van der Waals surface area contributed by atoms with Gasteiger partial charge in [-0.05, 0) is 35.7 Å². The van der Waals surface area contributed by atoms with Gasteiger partial charge in [-0.25, -0.2) is 4.39 Å². The zero-order valence-corrected chi connectivity index (χ0v) is 11.9. The molecule has 0 aromatic heterocycles. The Balaban J connectivity index is 2.09. The van der Waals surface area contributed by atoms with Crippen molar-refractivity contribution in [2.24, 2.45) is 0 Å². The molecule has 0 heterocycles. The zero-order chi connectivity index (χ0) is 14.5. The number of nitriles is 1. The third kappa shape index (κ3) is 3.52. The summed E-state index contributed by atoms with van der Waals surface area (Å²) < 4.78 is 25.4. The standard InChI is InChI=1S/C16H14FNOS/c1-12-4-2-3-5-14(12)11-20(19)10-13-6-7-16(17)15(8-13)9-18/h2-8H,10-11H2,1H3. The lowest BCUT2D eigenvalue weighted by Crippen LogP contribution is -2.01. The van der Waals surface area contributed by atoms with Crippen molar-refractivity contribution in [3.8, 4) is 6.07 Å². The smallest absolute Gasteiger partial charge is 0.140 e. The number of hydrogen-bond acceptors (Lipinski definition) is 2. The number of hydrogen-bond donors (Lipinski definition) is 0. The summed E-state index contributed by atoms with van der Waals surface area (Å²) in [5.41, 5.74) is 2.87. The van der Waals surface area contributed by atoms with Crippen LogP contribution in [0.1, 0.15) is 22.3 Å². The Morgan fingerprint density at radius 3 is 2.65 bits per heavy atom. The molecule has 4 heteroatoms. The highest BCUT2D eigenvalue weighted by Gasteiger charge is 2.08. The first-order valence-corrected chi connectivity index (χ1v) is 7.67. The molecular weight excluding hydrogens is 273 g/mol. The van der Waals surface area contributed by atoms with Crippen LogP contribution in [0.2, 0.25) is 0 Å². The van der Waals surface area contributed by atoms with Gasteiger partial charge >= 0.3 is 0 Å². The van der Waals surface area contributed by atoms with Gasteiger partial charge in [0.05, 0.1) is 5.56 Å². The van der Waals surface area contributed by atoms with Gasteiger partial charge in [0, 0.05) is 22.3 Å². The third-order valence-electron chi connectivity index (χ3n) is 3.06. The normalized spacial score (nSPS) is 11.8. The van der Waals surface area contributed by atoms with Crippen LogP contribution in [0.3, 0.4) is 0 Å². The van der Waals surface area contributed by atoms with Gasteiger partial charge in [0.25, 0.3) is 0 Å². The molecule has 0 saturated heterocycles. The van der Waals surface area contributed by atoms with E-state index in [0.717, 1.165) is 16.7 Å². The maximum atomic E-state index is 13.2. The lowest BCUT2D eigenvalue weighted by Gasteiger charge is -2.06. The highest BCUT2D eigenvalue weighted by atomic mass is 32.2. The van der Waals surface area contributed by atoms with E-state index in [-0.39, 0.29) is 5.56 Å². The molecule has 2 aromatic carbocycles. The van der Waals surface area contributed by atoms with E-state index in [1.807, 2.05) is 31.2 Å². The minimum Gasteiger partial charge on any atom is -0.259 e. The average Bonchev–Trinajstić information content (AvgIpc) is 2.43. The highest BCUT2D eigenvalue weighted by molar-refractivity contribution is 7.83. The van der Waals surface area contributed by atoms with Crippen molar-refractivity contribution in [2.45, 2.75) is 18.4 Å². The summed E-state index contributed by atoms with van der Waals surface area (Å²) in [5, 5.41) is 8.78. The maximum Gasteiger partial charge on any atom is 0.140 e. The van der Waals surface area contributed by atoms with E-state index in [1.165, 1.54) is 12.1 Å². The van der Waals surface area contributed by atoms with Crippen molar-refractivity contribution in [3.05, 3.63) is 70.5 Å². The van der Waals surface area contributed by atoms with Crippen LogP contribution in [0.25, 0.3) is 0 Å². The van der Waals surface area contributed by atoms with Crippen molar-refractivity contribution >= 4 is 10.8 Å². The Morgan fingerprint density at radius 1 is 1.20 bits per heavy atom. The lowest BCUT2D eigenvalue weighted by molar-refractivity contribution is 0.623. The first kappa shape index (κ1) is 14.4. The minimum atomic E-state index is -1.08. The second-order valence-electron chi connectivity index (χ2n) is 4.58. The van der Waals surface area contributed by atoms with Gasteiger partial charge < -0.3 is 0 Å². The molecule has 20 heavy (non-hydrogen) atoms. The number of halogens is 1. The Labute approximate surface area is 120 Å². The molecule has 1 atom stereocenters. The van der Waals surface area contributed by atoms with E-state index < -0.39 is 16.6 Å². The van der Waals surface area contributed by atoms with Gasteiger partial charge in [0.2, 0.25) is 0 Å². The summed E-state index contributed by atoms with van der Waals surface area (Å²) >= 11 is 0. The van der Waals surface area contributed by atoms with Crippen LogP contribution in [-0.2, 0) is 22.3 Å². The van der Waals surface area contributed by atoms with E-state index >= 15 is 0 Å². The SMILES string of the molecule is Cc1ccccc1CS(=O)Cc1ccc(F)c(C#N)c1. The second-order valence-corrected chi connectivity index (χ2v) is 6.04. The number of benzene rings is 2. The molecule has 0 aliphatic heterocycles. The molecule has 0 aliphatic carbocycles. The quantitative estimate of drug-likeness (QED) is 0.864. The molecule has 102 valence electrons. The summed E-state index contributed by atoms with van der Waals surface area (Å²) in [6.07, 6.45) is 0. The molecule has 0 bridgehead atoms. The van der Waals surface area contributed by atoms with E-state index in [2.05, 4.69) is 0 Å².